The van der Waals surface area contributed by atoms with Gasteiger partial charge in [-0.3, -0.25) is 4.57 Å². The SMILES string of the molecule is Cc1ccc(-n2c(CCCl)nc3ccccc32)cc1C. The zero-order chi connectivity index (χ0) is 14.1. The highest BCUT2D eigenvalue weighted by Crippen LogP contribution is 2.23. The first-order valence-corrected chi connectivity index (χ1v) is 7.34. The molecule has 2 aromatic carbocycles. The molecule has 3 aromatic rings. The summed E-state index contributed by atoms with van der Waals surface area (Å²) in [6.07, 6.45) is 0.767. The van der Waals surface area contributed by atoms with Crippen molar-refractivity contribution in [2.24, 2.45) is 0 Å². The molecule has 3 heteroatoms. The normalized spacial score (nSPS) is 11.2. The van der Waals surface area contributed by atoms with Crippen LogP contribution in [0.15, 0.2) is 42.5 Å². The van der Waals surface area contributed by atoms with E-state index in [4.69, 9.17) is 16.6 Å². The predicted octanol–water partition coefficient (Wildman–Crippen LogP) is 4.42. The Morgan fingerprint density at radius 1 is 1.05 bits per heavy atom. The lowest BCUT2D eigenvalue weighted by atomic mass is 10.1. The minimum atomic E-state index is 0.578. The Morgan fingerprint density at radius 3 is 2.60 bits per heavy atom. The lowest BCUT2D eigenvalue weighted by Gasteiger charge is -2.10. The summed E-state index contributed by atoms with van der Waals surface area (Å²) in [5, 5.41) is 0. The molecule has 0 N–H and O–H groups in total. The van der Waals surface area contributed by atoms with Crippen molar-refractivity contribution in [3.8, 4) is 5.69 Å². The van der Waals surface area contributed by atoms with Crippen molar-refractivity contribution in [2.75, 3.05) is 5.88 Å². The van der Waals surface area contributed by atoms with Crippen LogP contribution in [0.3, 0.4) is 0 Å². The minimum Gasteiger partial charge on any atom is -0.296 e. The predicted molar refractivity (Wildman–Crippen MR) is 85.0 cm³/mol. The Bertz CT molecular complexity index is 759. The van der Waals surface area contributed by atoms with Crippen molar-refractivity contribution < 1.29 is 0 Å². The summed E-state index contributed by atoms with van der Waals surface area (Å²) < 4.78 is 2.21. The summed E-state index contributed by atoms with van der Waals surface area (Å²) in [5.74, 6) is 1.60. The van der Waals surface area contributed by atoms with Gasteiger partial charge < -0.3 is 0 Å². The van der Waals surface area contributed by atoms with Crippen molar-refractivity contribution in [1.29, 1.82) is 0 Å². The number of para-hydroxylation sites is 2. The van der Waals surface area contributed by atoms with E-state index in [1.165, 1.54) is 11.1 Å². The Kier molecular flexibility index (Phi) is 3.49. The molecule has 0 saturated carbocycles. The summed E-state index contributed by atoms with van der Waals surface area (Å²) in [7, 11) is 0. The van der Waals surface area contributed by atoms with Gasteiger partial charge in [0.1, 0.15) is 5.82 Å². The molecular formula is C17H17ClN2. The molecule has 0 bridgehead atoms. The third-order valence-corrected chi connectivity index (χ3v) is 3.89. The number of halogens is 1. The molecule has 0 atom stereocenters. The molecule has 0 spiro atoms. The molecule has 0 aliphatic carbocycles. The van der Waals surface area contributed by atoms with Gasteiger partial charge in [0.25, 0.3) is 0 Å². The van der Waals surface area contributed by atoms with Gasteiger partial charge in [0.15, 0.2) is 0 Å². The van der Waals surface area contributed by atoms with Gasteiger partial charge in [-0.2, -0.15) is 0 Å². The van der Waals surface area contributed by atoms with Crippen LogP contribution in [-0.4, -0.2) is 15.4 Å². The van der Waals surface area contributed by atoms with Crippen LogP contribution >= 0.6 is 11.6 Å². The molecule has 0 amide bonds. The van der Waals surface area contributed by atoms with Gasteiger partial charge in [-0.25, -0.2) is 4.98 Å². The first-order valence-electron chi connectivity index (χ1n) is 6.80. The van der Waals surface area contributed by atoms with E-state index < -0.39 is 0 Å². The molecule has 0 unspecified atom stereocenters. The van der Waals surface area contributed by atoms with Crippen LogP contribution in [0.25, 0.3) is 16.7 Å². The lowest BCUT2D eigenvalue weighted by molar-refractivity contribution is 0.911. The Balaban J connectivity index is 2.26. The van der Waals surface area contributed by atoms with Crippen LogP contribution in [0.1, 0.15) is 17.0 Å². The van der Waals surface area contributed by atoms with E-state index in [0.29, 0.717) is 5.88 Å². The molecule has 0 aliphatic rings. The highest BCUT2D eigenvalue weighted by atomic mass is 35.5. The number of aryl methyl sites for hydroxylation is 3. The zero-order valence-corrected chi connectivity index (χ0v) is 12.5. The average Bonchev–Trinajstić information content (AvgIpc) is 2.80. The number of alkyl halides is 1. The highest BCUT2D eigenvalue weighted by molar-refractivity contribution is 6.17. The van der Waals surface area contributed by atoms with E-state index in [0.717, 1.165) is 29.0 Å². The summed E-state index contributed by atoms with van der Waals surface area (Å²) in [6, 6.07) is 14.7. The number of hydrogen-bond acceptors (Lipinski definition) is 1. The van der Waals surface area contributed by atoms with Crippen molar-refractivity contribution >= 4 is 22.6 Å². The van der Waals surface area contributed by atoms with Gasteiger partial charge in [0.2, 0.25) is 0 Å². The van der Waals surface area contributed by atoms with E-state index in [9.17, 15) is 0 Å². The van der Waals surface area contributed by atoms with E-state index in [1.807, 2.05) is 18.2 Å². The molecule has 1 aromatic heterocycles. The van der Waals surface area contributed by atoms with Crippen LogP contribution < -0.4 is 0 Å². The quantitative estimate of drug-likeness (QED) is 0.651. The smallest absolute Gasteiger partial charge is 0.115 e. The lowest BCUT2D eigenvalue weighted by Crippen LogP contribution is -2.02. The number of hydrogen-bond donors (Lipinski definition) is 0. The van der Waals surface area contributed by atoms with Crippen LogP contribution in [0.5, 0.6) is 0 Å². The highest BCUT2D eigenvalue weighted by Gasteiger charge is 2.11. The minimum absolute atomic E-state index is 0.578. The molecule has 0 fully saturated rings. The molecule has 20 heavy (non-hydrogen) atoms. The number of rotatable bonds is 3. The first-order chi connectivity index (χ1) is 9.70. The third kappa shape index (κ3) is 2.20. The van der Waals surface area contributed by atoms with Gasteiger partial charge in [-0.15, -0.1) is 11.6 Å². The largest absolute Gasteiger partial charge is 0.296 e. The molecule has 1 heterocycles. The van der Waals surface area contributed by atoms with Gasteiger partial charge in [-0.05, 0) is 49.2 Å². The van der Waals surface area contributed by atoms with Crippen LogP contribution in [-0.2, 0) is 6.42 Å². The van der Waals surface area contributed by atoms with Gasteiger partial charge in [0, 0.05) is 18.0 Å². The Hall–Kier alpha value is -1.80. The summed E-state index contributed by atoms with van der Waals surface area (Å²) in [5.41, 5.74) is 5.90. The van der Waals surface area contributed by atoms with Gasteiger partial charge in [-0.1, -0.05) is 18.2 Å². The molecule has 0 radical (unpaired) electrons. The maximum atomic E-state index is 5.93. The first kappa shape index (κ1) is 13.2. The fourth-order valence-corrected chi connectivity index (χ4v) is 2.65. The fourth-order valence-electron chi connectivity index (χ4n) is 2.48. The van der Waals surface area contributed by atoms with Crippen LogP contribution in [0.2, 0.25) is 0 Å². The number of fused-ring (bicyclic) bond motifs is 1. The number of benzene rings is 2. The van der Waals surface area contributed by atoms with Gasteiger partial charge in [0.05, 0.1) is 11.0 Å². The molecule has 3 rings (SSSR count). The number of nitrogens with zero attached hydrogens (tertiary/aromatic N) is 2. The second-order valence-corrected chi connectivity index (χ2v) is 5.44. The second-order valence-electron chi connectivity index (χ2n) is 5.06. The fraction of sp³-hybridized carbons (Fsp3) is 0.235. The van der Waals surface area contributed by atoms with Crippen LogP contribution in [0, 0.1) is 13.8 Å². The molecule has 0 saturated heterocycles. The Labute approximate surface area is 124 Å². The van der Waals surface area contributed by atoms with Crippen molar-refractivity contribution in [2.45, 2.75) is 20.3 Å². The van der Waals surface area contributed by atoms with E-state index in [1.54, 1.807) is 0 Å². The summed E-state index contributed by atoms with van der Waals surface area (Å²) in [6.45, 7) is 4.27. The second kappa shape index (κ2) is 5.29. The van der Waals surface area contributed by atoms with E-state index >= 15 is 0 Å². The standard InChI is InChI=1S/C17H17ClN2/c1-12-7-8-14(11-13(12)2)20-16-6-4-3-5-15(16)19-17(20)9-10-18/h3-8,11H,9-10H2,1-2H3. The average molecular weight is 285 g/mol. The molecule has 2 nitrogen and oxygen atoms in total. The maximum Gasteiger partial charge on any atom is 0.115 e. The van der Waals surface area contributed by atoms with Crippen molar-refractivity contribution in [1.82, 2.24) is 9.55 Å². The maximum absolute atomic E-state index is 5.93. The summed E-state index contributed by atoms with van der Waals surface area (Å²) in [4.78, 5) is 4.71. The molecule has 0 aliphatic heterocycles. The molecular weight excluding hydrogens is 268 g/mol. The topological polar surface area (TPSA) is 17.8 Å². The van der Waals surface area contributed by atoms with E-state index in [2.05, 4.69) is 42.7 Å². The third-order valence-electron chi connectivity index (χ3n) is 3.70. The van der Waals surface area contributed by atoms with Crippen molar-refractivity contribution in [3.63, 3.8) is 0 Å². The molecule has 102 valence electrons. The number of imidazole rings is 1. The number of aromatic nitrogens is 2. The van der Waals surface area contributed by atoms with Crippen LogP contribution in [0.4, 0.5) is 0 Å². The van der Waals surface area contributed by atoms with E-state index in [-0.39, 0.29) is 0 Å². The Morgan fingerprint density at radius 2 is 1.85 bits per heavy atom. The van der Waals surface area contributed by atoms with Gasteiger partial charge >= 0.3 is 0 Å². The van der Waals surface area contributed by atoms with Crippen molar-refractivity contribution in [3.05, 3.63) is 59.4 Å². The summed E-state index contributed by atoms with van der Waals surface area (Å²) >= 11 is 5.93. The monoisotopic (exact) mass is 284 g/mol. The zero-order valence-electron chi connectivity index (χ0n) is 11.7.